The third-order valence-electron chi connectivity index (χ3n) is 8.21. The van der Waals surface area contributed by atoms with Gasteiger partial charge >= 0.3 is 0 Å². The lowest BCUT2D eigenvalue weighted by atomic mass is 9.75. The molecule has 42 heavy (non-hydrogen) atoms. The second kappa shape index (κ2) is 10.9. The van der Waals surface area contributed by atoms with Gasteiger partial charge in [-0.3, -0.25) is 14.4 Å². The third-order valence-corrected chi connectivity index (χ3v) is 8.21. The van der Waals surface area contributed by atoms with Crippen LogP contribution in [-0.4, -0.2) is 29.4 Å². The number of aryl methyl sites for hydroxylation is 1. The highest BCUT2D eigenvalue weighted by Crippen LogP contribution is 2.37. The standard InChI is InChI=1S/C37H39NO4/c1-22-27(36(2,3)4)19-23(20-28(22)37(5,6)7)11-10-18-42-30-15-9-12-24-16-17-29(38-33(24)30)32-34(40)26-14-8-13-25(21-39)31(26)35(32)41/h8-9,12-17,19-21,32H,10-11,18H2,1-7H3. The monoisotopic (exact) mass is 561 g/mol. The van der Waals surface area contributed by atoms with Crippen LogP contribution in [0, 0.1) is 6.92 Å². The lowest BCUT2D eigenvalue weighted by Crippen LogP contribution is -2.20. The van der Waals surface area contributed by atoms with E-state index < -0.39 is 5.92 Å². The van der Waals surface area contributed by atoms with Crippen LogP contribution in [0.1, 0.15) is 113 Å². The molecular formula is C37H39NO4. The number of aromatic nitrogens is 1. The summed E-state index contributed by atoms with van der Waals surface area (Å²) in [4.78, 5) is 42.8. The van der Waals surface area contributed by atoms with Crippen LogP contribution in [0.5, 0.6) is 5.75 Å². The number of aldehydes is 1. The minimum Gasteiger partial charge on any atom is -0.491 e. The fourth-order valence-electron chi connectivity index (χ4n) is 6.18. The molecule has 0 aliphatic heterocycles. The Hall–Kier alpha value is -4.12. The molecule has 0 spiro atoms. The molecule has 4 aromatic rings. The van der Waals surface area contributed by atoms with Crippen LogP contribution in [-0.2, 0) is 17.3 Å². The fraction of sp³-hybridized carbons (Fsp3) is 0.351. The van der Waals surface area contributed by atoms with Crippen molar-refractivity contribution in [3.63, 3.8) is 0 Å². The molecule has 1 unspecified atom stereocenters. The summed E-state index contributed by atoms with van der Waals surface area (Å²) in [7, 11) is 0. The molecule has 3 aromatic carbocycles. The van der Waals surface area contributed by atoms with Crippen LogP contribution in [0.15, 0.2) is 60.7 Å². The summed E-state index contributed by atoms with van der Waals surface area (Å²) >= 11 is 0. The number of pyridine rings is 1. The van der Waals surface area contributed by atoms with Gasteiger partial charge in [0.15, 0.2) is 17.9 Å². The van der Waals surface area contributed by atoms with Crippen molar-refractivity contribution in [2.45, 2.75) is 78.1 Å². The van der Waals surface area contributed by atoms with E-state index in [0.29, 0.717) is 29.9 Å². The van der Waals surface area contributed by atoms with Crippen LogP contribution < -0.4 is 4.74 Å². The summed E-state index contributed by atoms with van der Waals surface area (Å²) in [6.07, 6.45) is 2.34. The van der Waals surface area contributed by atoms with E-state index in [1.807, 2.05) is 24.3 Å². The van der Waals surface area contributed by atoms with Crippen molar-refractivity contribution in [3.05, 3.63) is 105 Å². The highest BCUT2D eigenvalue weighted by molar-refractivity contribution is 6.31. The van der Waals surface area contributed by atoms with Crippen LogP contribution in [0.25, 0.3) is 10.9 Å². The molecule has 5 rings (SSSR count). The number of fused-ring (bicyclic) bond motifs is 2. The molecule has 0 radical (unpaired) electrons. The number of carbonyl (C=O) groups is 3. The van der Waals surface area contributed by atoms with E-state index in [1.54, 1.807) is 24.3 Å². The molecule has 0 N–H and O–H groups in total. The highest BCUT2D eigenvalue weighted by Gasteiger charge is 2.42. The Bertz CT molecular complexity index is 1680. The summed E-state index contributed by atoms with van der Waals surface area (Å²) in [5.74, 6) is -1.15. The third kappa shape index (κ3) is 5.40. The Labute approximate surface area is 248 Å². The van der Waals surface area contributed by atoms with Crippen molar-refractivity contribution >= 4 is 28.8 Å². The second-order valence-corrected chi connectivity index (χ2v) is 13.4. The Morgan fingerprint density at radius 2 is 1.52 bits per heavy atom. The largest absolute Gasteiger partial charge is 0.491 e. The number of nitrogens with zero attached hydrogens (tertiary/aromatic N) is 1. The van der Waals surface area contributed by atoms with E-state index in [9.17, 15) is 14.4 Å². The number of rotatable bonds is 7. The van der Waals surface area contributed by atoms with Crippen LogP contribution in [0.2, 0.25) is 0 Å². The zero-order chi connectivity index (χ0) is 30.4. The Balaban J connectivity index is 1.37. The number of ether oxygens (including phenoxy) is 1. The minimum absolute atomic E-state index is 0.0567. The van der Waals surface area contributed by atoms with Gasteiger partial charge in [-0.25, -0.2) is 4.98 Å². The fourth-order valence-corrected chi connectivity index (χ4v) is 6.18. The van der Waals surface area contributed by atoms with Crippen molar-refractivity contribution < 1.29 is 19.1 Å². The van der Waals surface area contributed by atoms with Crippen molar-refractivity contribution in [2.24, 2.45) is 0 Å². The maximum atomic E-state index is 13.3. The van der Waals surface area contributed by atoms with Crippen molar-refractivity contribution in [3.8, 4) is 5.75 Å². The predicted octanol–water partition coefficient (Wildman–Crippen LogP) is 8.13. The predicted molar refractivity (Wildman–Crippen MR) is 167 cm³/mol. The summed E-state index contributed by atoms with van der Waals surface area (Å²) in [5, 5.41) is 0.864. The lowest BCUT2D eigenvalue weighted by Gasteiger charge is -2.30. The van der Waals surface area contributed by atoms with Gasteiger partial charge in [0.1, 0.15) is 17.2 Å². The smallest absolute Gasteiger partial charge is 0.181 e. The summed E-state index contributed by atoms with van der Waals surface area (Å²) in [5.41, 5.74) is 7.25. The first-order valence-electron chi connectivity index (χ1n) is 14.6. The first-order valence-corrected chi connectivity index (χ1v) is 14.6. The molecule has 5 nitrogen and oxygen atoms in total. The van der Waals surface area contributed by atoms with Gasteiger partial charge in [0.25, 0.3) is 0 Å². The molecule has 0 bridgehead atoms. The van der Waals surface area contributed by atoms with Gasteiger partial charge in [-0.05, 0) is 65.0 Å². The van der Waals surface area contributed by atoms with E-state index in [1.165, 1.54) is 22.3 Å². The summed E-state index contributed by atoms with van der Waals surface area (Å²) in [6.45, 7) is 16.3. The van der Waals surface area contributed by atoms with Gasteiger partial charge in [0.2, 0.25) is 0 Å². The zero-order valence-electron chi connectivity index (χ0n) is 25.6. The average molecular weight is 562 g/mol. The number of para-hydroxylation sites is 1. The van der Waals surface area contributed by atoms with E-state index in [0.717, 1.165) is 18.2 Å². The average Bonchev–Trinajstić information content (AvgIpc) is 3.19. The van der Waals surface area contributed by atoms with E-state index in [4.69, 9.17) is 9.72 Å². The van der Waals surface area contributed by atoms with Gasteiger partial charge in [-0.2, -0.15) is 0 Å². The van der Waals surface area contributed by atoms with Crippen molar-refractivity contribution in [1.82, 2.24) is 4.98 Å². The van der Waals surface area contributed by atoms with Gasteiger partial charge in [-0.15, -0.1) is 0 Å². The van der Waals surface area contributed by atoms with Crippen LogP contribution in [0.3, 0.4) is 0 Å². The number of carbonyl (C=O) groups excluding carboxylic acids is 3. The van der Waals surface area contributed by atoms with Crippen molar-refractivity contribution in [2.75, 3.05) is 6.61 Å². The molecule has 0 amide bonds. The van der Waals surface area contributed by atoms with Gasteiger partial charge in [-0.1, -0.05) is 90.1 Å². The summed E-state index contributed by atoms with van der Waals surface area (Å²) < 4.78 is 6.25. The zero-order valence-corrected chi connectivity index (χ0v) is 25.6. The van der Waals surface area contributed by atoms with E-state index in [-0.39, 0.29) is 39.1 Å². The van der Waals surface area contributed by atoms with Gasteiger partial charge < -0.3 is 4.74 Å². The minimum atomic E-state index is -1.06. The number of Topliss-reactive ketones (excluding diaryl/α,β-unsaturated/α-hetero) is 2. The molecule has 5 heteroatoms. The lowest BCUT2D eigenvalue weighted by molar-refractivity contribution is 0.0885. The maximum absolute atomic E-state index is 13.3. The van der Waals surface area contributed by atoms with Crippen molar-refractivity contribution in [1.29, 1.82) is 0 Å². The molecule has 0 saturated heterocycles. The topological polar surface area (TPSA) is 73.3 Å². The SMILES string of the molecule is Cc1c(C(C)(C)C)cc(CCCOc2cccc3ccc(C4C(=O)c5cccc(C=O)c5C4=O)nc23)cc1C(C)(C)C. The normalized spacial score (nSPS) is 15.3. The summed E-state index contributed by atoms with van der Waals surface area (Å²) in [6, 6.07) is 18.8. The molecule has 216 valence electrons. The number of ketones is 2. The quantitative estimate of drug-likeness (QED) is 0.129. The molecule has 1 atom stereocenters. The van der Waals surface area contributed by atoms with Crippen LogP contribution in [0.4, 0.5) is 0 Å². The molecule has 1 aliphatic carbocycles. The maximum Gasteiger partial charge on any atom is 0.181 e. The molecule has 1 heterocycles. The first kappa shape index (κ1) is 29.4. The second-order valence-electron chi connectivity index (χ2n) is 13.4. The molecule has 1 aromatic heterocycles. The Morgan fingerprint density at radius 3 is 2.17 bits per heavy atom. The number of hydrogen-bond donors (Lipinski definition) is 0. The van der Waals surface area contributed by atoms with E-state index >= 15 is 0 Å². The van der Waals surface area contributed by atoms with Crippen LogP contribution >= 0.6 is 0 Å². The molecular weight excluding hydrogens is 522 g/mol. The molecule has 0 saturated carbocycles. The number of benzene rings is 3. The molecule has 0 fully saturated rings. The van der Waals surface area contributed by atoms with Gasteiger partial charge in [0, 0.05) is 22.1 Å². The highest BCUT2D eigenvalue weighted by atomic mass is 16.5. The first-order chi connectivity index (χ1) is 19.8. The Kier molecular flexibility index (Phi) is 7.65. The Morgan fingerprint density at radius 1 is 0.857 bits per heavy atom. The van der Waals surface area contributed by atoms with Gasteiger partial charge in [0.05, 0.1) is 12.3 Å². The molecule has 1 aliphatic rings. The van der Waals surface area contributed by atoms with E-state index in [2.05, 4.69) is 60.6 Å². The number of hydrogen-bond acceptors (Lipinski definition) is 5.